The molecule has 2 aromatic carbocycles. The van der Waals surface area contributed by atoms with E-state index in [1.54, 1.807) is 31.7 Å². The van der Waals surface area contributed by atoms with Gasteiger partial charge in [-0.3, -0.25) is 14.4 Å². The molecule has 5 rings (SSSR count). The minimum absolute atomic E-state index is 0.0398. The number of hydrogen-bond acceptors (Lipinski definition) is 6. The summed E-state index contributed by atoms with van der Waals surface area (Å²) in [4.78, 5) is 40.8. The number of benzene rings is 2. The lowest BCUT2D eigenvalue weighted by molar-refractivity contribution is -0.138. The predicted octanol–water partition coefficient (Wildman–Crippen LogP) is 3.93. The van der Waals surface area contributed by atoms with E-state index in [4.69, 9.17) is 4.74 Å². The maximum absolute atomic E-state index is 15.1. The lowest BCUT2D eigenvalue weighted by Gasteiger charge is -2.40. The van der Waals surface area contributed by atoms with Gasteiger partial charge in [0, 0.05) is 18.1 Å². The first-order valence-corrected chi connectivity index (χ1v) is 13.4. The second kappa shape index (κ2) is 10.1. The first-order valence-electron chi connectivity index (χ1n) is 13.4. The van der Waals surface area contributed by atoms with Crippen molar-refractivity contribution in [2.45, 2.75) is 77.1 Å². The monoisotopic (exact) mass is 566 g/mol. The predicted molar refractivity (Wildman–Crippen MR) is 146 cm³/mol. The number of hydrogen-bond donors (Lipinski definition) is 3. The number of H-pyrrole nitrogens is 1. The molecule has 11 heteroatoms. The number of amides is 2. The van der Waals surface area contributed by atoms with Crippen molar-refractivity contribution in [3.63, 3.8) is 0 Å². The summed E-state index contributed by atoms with van der Waals surface area (Å²) < 4.78 is 35.1. The molecule has 2 aliphatic rings. The van der Waals surface area contributed by atoms with E-state index in [2.05, 4.69) is 15.5 Å². The molecular formula is C30H32F2N4O5. The second-order valence-electron chi connectivity index (χ2n) is 11.5. The molecule has 0 saturated carbocycles. The minimum Gasteiger partial charge on any atom is -0.448 e. The van der Waals surface area contributed by atoms with Crippen LogP contribution in [-0.2, 0) is 10.3 Å². The van der Waals surface area contributed by atoms with Crippen molar-refractivity contribution >= 4 is 11.8 Å². The van der Waals surface area contributed by atoms with Crippen LogP contribution in [0.15, 0.2) is 41.2 Å². The minimum atomic E-state index is -1.23. The van der Waals surface area contributed by atoms with Crippen molar-refractivity contribution in [2.24, 2.45) is 0 Å². The van der Waals surface area contributed by atoms with Crippen LogP contribution in [0.2, 0.25) is 0 Å². The molecule has 3 heterocycles. The fourth-order valence-electron chi connectivity index (χ4n) is 6.23. The van der Waals surface area contributed by atoms with Gasteiger partial charge >= 0.3 is 5.56 Å². The van der Waals surface area contributed by atoms with Crippen LogP contribution >= 0.6 is 0 Å². The Bertz CT molecular complexity index is 1590. The fourth-order valence-corrected chi connectivity index (χ4v) is 6.23. The molecule has 2 fully saturated rings. The van der Waals surface area contributed by atoms with Gasteiger partial charge in [-0.25, -0.2) is 13.9 Å². The van der Waals surface area contributed by atoms with E-state index < -0.39 is 52.2 Å². The summed E-state index contributed by atoms with van der Waals surface area (Å²) >= 11 is 0. The number of halogens is 2. The molecule has 0 bridgehead atoms. The molecule has 1 aromatic heterocycles. The number of aliphatic hydroxyl groups is 1. The summed E-state index contributed by atoms with van der Waals surface area (Å²) in [6.07, 6.45) is 1.16. The SMILES string of the molecule is Cc1cc(Oc2c(C)cc(C(=O)N[C@H]3C[C@@]4(c5cc(F)ccc5C)CC[C@H](C(C)(C)O)N4C3=O)cc2F)c(=O)[nH]n1. The van der Waals surface area contributed by atoms with Gasteiger partial charge in [-0.1, -0.05) is 6.07 Å². The number of fused-ring (bicyclic) bond motifs is 1. The van der Waals surface area contributed by atoms with Gasteiger partial charge in [-0.15, -0.1) is 0 Å². The van der Waals surface area contributed by atoms with Crippen LogP contribution < -0.4 is 15.6 Å². The van der Waals surface area contributed by atoms with Crippen molar-refractivity contribution in [1.29, 1.82) is 0 Å². The molecule has 3 atom stereocenters. The van der Waals surface area contributed by atoms with E-state index in [0.29, 0.717) is 24.1 Å². The van der Waals surface area contributed by atoms with E-state index >= 15 is 4.39 Å². The molecular weight excluding hydrogens is 534 g/mol. The third-order valence-corrected chi connectivity index (χ3v) is 8.10. The van der Waals surface area contributed by atoms with Gasteiger partial charge in [0.05, 0.1) is 22.9 Å². The first-order chi connectivity index (χ1) is 19.2. The maximum atomic E-state index is 15.1. The molecule has 3 N–H and O–H groups in total. The summed E-state index contributed by atoms with van der Waals surface area (Å²) in [7, 11) is 0. The van der Waals surface area contributed by atoms with Crippen LogP contribution in [-0.4, -0.2) is 49.7 Å². The number of carbonyl (C=O) groups excluding carboxylic acids is 2. The van der Waals surface area contributed by atoms with E-state index in [1.807, 2.05) is 6.92 Å². The molecule has 0 unspecified atom stereocenters. The molecule has 41 heavy (non-hydrogen) atoms. The smallest absolute Gasteiger partial charge is 0.307 e. The highest BCUT2D eigenvalue weighted by Crippen LogP contribution is 2.53. The van der Waals surface area contributed by atoms with Crippen LogP contribution in [0.3, 0.4) is 0 Å². The zero-order valence-corrected chi connectivity index (χ0v) is 23.5. The Morgan fingerprint density at radius 2 is 1.88 bits per heavy atom. The third kappa shape index (κ3) is 4.99. The molecule has 0 radical (unpaired) electrons. The number of ether oxygens (including phenoxy) is 1. The Hall–Kier alpha value is -4.12. The zero-order chi connectivity index (χ0) is 29.9. The largest absolute Gasteiger partial charge is 0.448 e. The quantitative estimate of drug-likeness (QED) is 0.416. The molecule has 0 spiro atoms. The zero-order valence-electron chi connectivity index (χ0n) is 23.5. The average molecular weight is 567 g/mol. The Balaban J connectivity index is 1.44. The molecule has 0 aliphatic carbocycles. The summed E-state index contributed by atoms with van der Waals surface area (Å²) in [6, 6.07) is 6.65. The Kier molecular flexibility index (Phi) is 6.97. The highest BCUT2D eigenvalue weighted by atomic mass is 19.1. The molecule has 2 aliphatic heterocycles. The van der Waals surface area contributed by atoms with Gasteiger partial charge in [0.2, 0.25) is 5.91 Å². The number of aromatic nitrogens is 2. The molecule has 9 nitrogen and oxygen atoms in total. The lowest BCUT2D eigenvalue weighted by Crippen LogP contribution is -2.53. The summed E-state index contributed by atoms with van der Waals surface area (Å²) in [6.45, 7) is 8.26. The van der Waals surface area contributed by atoms with Crippen molar-refractivity contribution in [1.82, 2.24) is 20.4 Å². The molecule has 3 aromatic rings. The van der Waals surface area contributed by atoms with Gasteiger partial charge in [-0.05, 0) is 88.4 Å². The Morgan fingerprint density at radius 1 is 1.15 bits per heavy atom. The van der Waals surface area contributed by atoms with Crippen molar-refractivity contribution in [3.8, 4) is 11.5 Å². The summed E-state index contributed by atoms with van der Waals surface area (Å²) in [5, 5.41) is 19.7. The van der Waals surface area contributed by atoms with Gasteiger partial charge in [-0.2, -0.15) is 5.10 Å². The molecule has 216 valence electrons. The van der Waals surface area contributed by atoms with Crippen molar-refractivity contribution in [2.75, 3.05) is 0 Å². The number of aromatic amines is 1. The van der Waals surface area contributed by atoms with Gasteiger partial charge in [0.15, 0.2) is 17.3 Å². The number of nitrogens with one attached hydrogen (secondary N) is 2. The van der Waals surface area contributed by atoms with Gasteiger partial charge in [0.25, 0.3) is 5.91 Å². The van der Waals surface area contributed by atoms with Crippen molar-refractivity contribution < 1.29 is 28.2 Å². The van der Waals surface area contributed by atoms with Gasteiger partial charge in [0.1, 0.15) is 11.9 Å². The van der Waals surface area contributed by atoms with Crippen LogP contribution in [0.1, 0.15) is 65.9 Å². The molecule has 2 saturated heterocycles. The highest BCUT2D eigenvalue weighted by Gasteiger charge is 2.61. The van der Waals surface area contributed by atoms with Crippen LogP contribution in [0.25, 0.3) is 0 Å². The summed E-state index contributed by atoms with van der Waals surface area (Å²) in [5.41, 5.74) is -0.665. The number of rotatable bonds is 6. The normalized spacial score (nSPS) is 22.1. The van der Waals surface area contributed by atoms with Crippen LogP contribution in [0.5, 0.6) is 11.5 Å². The lowest BCUT2D eigenvalue weighted by atomic mass is 9.82. The molecule has 2 amide bonds. The van der Waals surface area contributed by atoms with E-state index in [0.717, 1.165) is 11.6 Å². The summed E-state index contributed by atoms with van der Waals surface area (Å²) in [5.74, 6) is -2.74. The maximum Gasteiger partial charge on any atom is 0.307 e. The number of carbonyl (C=O) groups is 2. The van der Waals surface area contributed by atoms with Gasteiger partial charge < -0.3 is 20.1 Å². The number of aryl methyl sites for hydroxylation is 3. The van der Waals surface area contributed by atoms with E-state index in [9.17, 15) is 23.9 Å². The standard InChI is InChI=1S/C30H32F2N4O5/c1-15-6-7-19(31)13-20(15)30-9-8-24(29(4,5)40)36(30)28(39)22(14-30)33-26(37)18-10-16(2)25(21(32)12-18)41-23-11-17(3)34-35-27(23)38/h6-7,10-13,22,24,40H,8-9,14H2,1-5H3,(H,33,37)(H,35,38)/t22-,24+,30+/m0/s1. The fraction of sp³-hybridized carbons (Fsp3) is 0.400. The average Bonchev–Trinajstić information content (AvgIpc) is 3.40. The van der Waals surface area contributed by atoms with Crippen LogP contribution in [0.4, 0.5) is 8.78 Å². The third-order valence-electron chi connectivity index (χ3n) is 8.10. The first kappa shape index (κ1) is 28.4. The Labute approximate surface area is 235 Å². The highest BCUT2D eigenvalue weighted by molar-refractivity contribution is 5.99. The number of nitrogens with zero attached hydrogens (tertiary/aromatic N) is 2. The topological polar surface area (TPSA) is 125 Å². The van der Waals surface area contributed by atoms with E-state index in [1.165, 1.54) is 31.2 Å². The van der Waals surface area contributed by atoms with Crippen LogP contribution in [0, 0.1) is 32.4 Å². The van der Waals surface area contributed by atoms with Crippen molar-refractivity contribution in [3.05, 3.63) is 86.3 Å². The Morgan fingerprint density at radius 3 is 2.56 bits per heavy atom. The van der Waals surface area contributed by atoms with E-state index in [-0.39, 0.29) is 29.0 Å². The second-order valence-corrected chi connectivity index (χ2v) is 11.5.